The molecule has 88 valence electrons. The monoisotopic (exact) mass is 247 g/mol. The minimum absolute atomic E-state index is 0.0257. The third kappa shape index (κ3) is 2.65. The maximum Gasteiger partial charge on any atom is 0.184 e. The second kappa shape index (κ2) is 4.59. The second-order valence-corrected chi connectivity index (χ2v) is 5.74. The van der Waals surface area contributed by atoms with Crippen molar-refractivity contribution in [2.45, 2.75) is 10.6 Å². The molecule has 0 aliphatic rings. The number of anilines is 1. The fourth-order valence-electron chi connectivity index (χ4n) is 1.64. The van der Waals surface area contributed by atoms with Gasteiger partial charge in [0.15, 0.2) is 9.84 Å². The van der Waals surface area contributed by atoms with Gasteiger partial charge in [0.1, 0.15) is 0 Å². The summed E-state index contributed by atoms with van der Waals surface area (Å²) in [5.74, 6) is -0.0257. The molecule has 0 saturated carbocycles. The Morgan fingerprint density at radius 1 is 0.882 bits per heavy atom. The lowest BCUT2D eigenvalue weighted by Crippen LogP contribution is -2.07. The molecule has 4 heteroatoms. The van der Waals surface area contributed by atoms with E-state index in [9.17, 15) is 8.42 Å². The number of benzene rings is 2. The van der Waals surface area contributed by atoms with Gasteiger partial charge in [0, 0.05) is 0 Å². The molecule has 2 aromatic carbocycles. The van der Waals surface area contributed by atoms with E-state index in [4.69, 9.17) is 5.73 Å². The van der Waals surface area contributed by atoms with Crippen LogP contribution in [0.15, 0.2) is 59.5 Å². The zero-order valence-corrected chi connectivity index (χ0v) is 10.0. The summed E-state index contributed by atoms with van der Waals surface area (Å²) in [7, 11) is -3.37. The normalized spacial score (nSPS) is 11.3. The highest BCUT2D eigenvalue weighted by Crippen LogP contribution is 2.21. The molecule has 0 unspecified atom stereocenters. The van der Waals surface area contributed by atoms with Crippen LogP contribution in [-0.2, 0) is 15.6 Å². The molecule has 0 fully saturated rings. The summed E-state index contributed by atoms with van der Waals surface area (Å²) in [5, 5.41) is 0. The van der Waals surface area contributed by atoms with Gasteiger partial charge >= 0.3 is 0 Å². The highest BCUT2D eigenvalue weighted by molar-refractivity contribution is 7.90. The molecule has 0 spiro atoms. The second-order valence-electron chi connectivity index (χ2n) is 3.78. The number of hydrogen-bond donors (Lipinski definition) is 1. The van der Waals surface area contributed by atoms with E-state index in [0.29, 0.717) is 5.69 Å². The molecule has 17 heavy (non-hydrogen) atoms. The first-order valence-corrected chi connectivity index (χ1v) is 6.86. The summed E-state index contributed by atoms with van der Waals surface area (Å²) in [4.78, 5) is 0.198. The lowest BCUT2D eigenvalue weighted by atomic mass is 10.2. The van der Waals surface area contributed by atoms with Crippen molar-refractivity contribution in [3.63, 3.8) is 0 Å². The van der Waals surface area contributed by atoms with Crippen molar-refractivity contribution < 1.29 is 8.42 Å². The largest absolute Gasteiger partial charge is 0.398 e. The van der Waals surface area contributed by atoms with Crippen molar-refractivity contribution in [1.29, 1.82) is 0 Å². The zero-order valence-electron chi connectivity index (χ0n) is 9.21. The third-order valence-electron chi connectivity index (χ3n) is 2.45. The van der Waals surface area contributed by atoms with E-state index in [-0.39, 0.29) is 10.6 Å². The van der Waals surface area contributed by atoms with Crippen LogP contribution in [0, 0.1) is 0 Å². The summed E-state index contributed by atoms with van der Waals surface area (Å²) in [5.41, 5.74) is 6.74. The lowest BCUT2D eigenvalue weighted by molar-refractivity contribution is 0.595. The van der Waals surface area contributed by atoms with Gasteiger partial charge in [0.05, 0.1) is 16.3 Å². The molecule has 0 saturated heterocycles. The Morgan fingerprint density at radius 3 is 2.12 bits per heavy atom. The number of nitrogen functional groups attached to an aromatic ring is 1. The summed E-state index contributed by atoms with van der Waals surface area (Å²) in [6.45, 7) is 0. The van der Waals surface area contributed by atoms with Crippen LogP contribution in [-0.4, -0.2) is 8.42 Å². The minimum Gasteiger partial charge on any atom is -0.398 e. The predicted octanol–water partition coefficient (Wildman–Crippen LogP) is 2.24. The van der Waals surface area contributed by atoms with Gasteiger partial charge in [-0.15, -0.1) is 0 Å². The maximum absolute atomic E-state index is 12.1. The Morgan fingerprint density at radius 2 is 1.47 bits per heavy atom. The quantitative estimate of drug-likeness (QED) is 0.846. The molecule has 0 radical (unpaired) electrons. The van der Waals surface area contributed by atoms with Crippen LogP contribution < -0.4 is 5.73 Å². The Balaban J connectivity index is 2.36. The zero-order chi connectivity index (χ0) is 12.3. The standard InChI is InChI=1S/C13H13NO2S/c14-12-8-4-5-9-13(12)17(15,16)10-11-6-2-1-3-7-11/h1-9H,10,14H2. The lowest BCUT2D eigenvalue weighted by Gasteiger charge is -2.07. The van der Waals surface area contributed by atoms with Crippen molar-refractivity contribution in [1.82, 2.24) is 0 Å². The predicted molar refractivity (Wildman–Crippen MR) is 68.2 cm³/mol. The third-order valence-corrected chi connectivity index (χ3v) is 4.21. The Bertz CT molecular complexity index is 606. The highest BCUT2D eigenvalue weighted by atomic mass is 32.2. The molecule has 2 rings (SSSR count). The Hall–Kier alpha value is -1.81. The number of para-hydroxylation sites is 1. The molecule has 0 bridgehead atoms. The molecule has 0 atom stereocenters. The highest BCUT2D eigenvalue weighted by Gasteiger charge is 2.17. The number of sulfone groups is 1. The minimum atomic E-state index is -3.37. The Kier molecular flexibility index (Phi) is 3.15. The van der Waals surface area contributed by atoms with Gasteiger partial charge < -0.3 is 5.73 Å². The van der Waals surface area contributed by atoms with Gasteiger partial charge in [-0.25, -0.2) is 8.42 Å². The first-order chi connectivity index (χ1) is 8.09. The average molecular weight is 247 g/mol. The fourth-order valence-corrected chi connectivity index (χ4v) is 3.14. The average Bonchev–Trinajstić information content (AvgIpc) is 2.30. The van der Waals surface area contributed by atoms with Crippen LogP contribution >= 0.6 is 0 Å². The van der Waals surface area contributed by atoms with E-state index >= 15 is 0 Å². The van der Waals surface area contributed by atoms with Gasteiger partial charge in [-0.1, -0.05) is 42.5 Å². The molecule has 2 aromatic rings. The van der Waals surface area contributed by atoms with Gasteiger partial charge in [-0.2, -0.15) is 0 Å². The van der Waals surface area contributed by atoms with Gasteiger partial charge in [0.2, 0.25) is 0 Å². The van der Waals surface area contributed by atoms with E-state index in [1.54, 1.807) is 30.3 Å². The topological polar surface area (TPSA) is 60.2 Å². The van der Waals surface area contributed by atoms with Crippen LogP contribution in [0.2, 0.25) is 0 Å². The first kappa shape index (κ1) is 11.7. The van der Waals surface area contributed by atoms with E-state index in [1.165, 1.54) is 6.07 Å². The number of hydrogen-bond acceptors (Lipinski definition) is 3. The summed E-state index contributed by atoms with van der Waals surface area (Å²) < 4.78 is 24.3. The van der Waals surface area contributed by atoms with E-state index in [1.807, 2.05) is 18.2 Å². The van der Waals surface area contributed by atoms with Crippen molar-refractivity contribution in [3.8, 4) is 0 Å². The van der Waals surface area contributed by atoms with Crippen molar-refractivity contribution in [2.24, 2.45) is 0 Å². The molecular weight excluding hydrogens is 234 g/mol. The molecule has 0 aromatic heterocycles. The first-order valence-electron chi connectivity index (χ1n) is 5.21. The van der Waals surface area contributed by atoms with Gasteiger partial charge in [-0.3, -0.25) is 0 Å². The Labute approximate surface area is 101 Å². The number of nitrogens with two attached hydrogens (primary N) is 1. The van der Waals surface area contributed by atoms with Crippen LogP contribution in [0.5, 0.6) is 0 Å². The van der Waals surface area contributed by atoms with Crippen LogP contribution in [0.1, 0.15) is 5.56 Å². The number of rotatable bonds is 3. The molecule has 0 amide bonds. The van der Waals surface area contributed by atoms with Crippen LogP contribution in [0.25, 0.3) is 0 Å². The molecular formula is C13H13NO2S. The summed E-state index contributed by atoms with van der Waals surface area (Å²) in [6.07, 6.45) is 0. The van der Waals surface area contributed by atoms with E-state index in [2.05, 4.69) is 0 Å². The molecule has 0 aliphatic carbocycles. The van der Waals surface area contributed by atoms with Crippen molar-refractivity contribution in [3.05, 3.63) is 60.2 Å². The maximum atomic E-state index is 12.1. The molecule has 2 N–H and O–H groups in total. The van der Waals surface area contributed by atoms with E-state index < -0.39 is 9.84 Å². The van der Waals surface area contributed by atoms with Crippen molar-refractivity contribution >= 4 is 15.5 Å². The molecule has 0 heterocycles. The summed E-state index contributed by atoms with van der Waals surface area (Å²) >= 11 is 0. The molecule has 0 aliphatic heterocycles. The smallest absolute Gasteiger partial charge is 0.184 e. The van der Waals surface area contributed by atoms with Crippen molar-refractivity contribution in [2.75, 3.05) is 5.73 Å². The SMILES string of the molecule is Nc1ccccc1S(=O)(=O)Cc1ccccc1. The van der Waals surface area contributed by atoms with E-state index in [0.717, 1.165) is 5.56 Å². The van der Waals surface area contributed by atoms with Crippen LogP contribution in [0.3, 0.4) is 0 Å². The summed E-state index contributed by atoms with van der Waals surface area (Å²) in [6, 6.07) is 15.6. The van der Waals surface area contributed by atoms with Gasteiger partial charge in [0.25, 0.3) is 0 Å². The molecule has 3 nitrogen and oxygen atoms in total. The van der Waals surface area contributed by atoms with Crippen LogP contribution in [0.4, 0.5) is 5.69 Å². The van der Waals surface area contributed by atoms with Gasteiger partial charge in [-0.05, 0) is 17.7 Å². The fraction of sp³-hybridized carbons (Fsp3) is 0.0769.